The molecule has 10 heteroatoms. The predicted molar refractivity (Wildman–Crippen MR) is 127 cm³/mol. The first-order valence-electron chi connectivity index (χ1n) is 11.3. The molecule has 1 fully saturated rings. The van der Waals surface area contributed by atoms with Gasteiger partial charge in [-0.25, -0.2) is 4.98 Å². The Labute approximate surface area is 202 Å². The summed E-state index contributed by atoms with van der Waals surface area (Å²) in [6.07, 6.45) is 6.26. The van der Waals surface area contributed by atoms with E-state index >= 15 is 0 Å². The second-order valence-corrected chi connectivity index (χ2v) is 8.30. The van der Waals surface area contributed by atoms with Gasteiger partial charge in [0, 0.05) is 56.2 Å². The minimum atomic E-state index is -0.713. The van der Waals surface area contributed by atoms with Crippen molar-refractivity contribution in [2.45, 2.75) is 5.92 Å². The Bertz CT molecular complexity index is 1260. The van der Waals surface area contributed by atoms with Crippen molar-refractivity contribution in [2.24, 2.45) is 0 Å². The lowest BCUT2D eigenvalue weighted by Crippen LogP contribution is -2.52. The molecule has 1 N–H and O–H groups in total. The number of hydrogen-bond acceptors (Lipinski definition) is 8. The summed E-state index contributed by atoms with van der Waals surface area (Å²) in [5.74, 6) is -1.44. The zero-order valence-corrected chi connectivity index (χ0v) is 19.2. The Balaban J connectivity index is 1.32. The SMILES string of the molecule is COc1cnc(-c2cnccn2)c2c1C(C(=O)C(=O)N1CCN(C(=O)c3ccccc3)CC1)CN2. The van der Waals surface area contributed by atoms with E-state index < -0.39 is 17.6 Å². The number of anilines is 1. The fourth-order valence-corrected chi connectivity index (χ4v) is 4.52. The van der Waals surface area contributed by atoms with E-state index in [0.717, 1.165) is 0 Å². The van der Waals surface area contributed by atoms with Crippen LogP contribution in [0.15, 0.2) is 55.1 Å². The van der Waals surface area contributed by atoms with Crippen molar-refractivity contribution in [1.29, 1.82) is 0 Å². The highest BCUT2D eigenvalue weighted by molar-refractivity contribution is 6.38. The van der Waals surface area contributed by atoms with Crippen molar-refractivity contribution < 1.29 is 19.1 Å². The number of fused-ring (bicyclic) bond motifs is 1. The van der Waals surface area contributed by atoms with Crippen molar-refractivity contribution in [2.75, 3.05) is 45.2 Å². The molecular weight excluding hydrogens is 448 g/mol. The first-order chi connectivity index (χ1) is 17.1. The van der Waals surface area contributed by atoms with Crippen LogP contribution in [0, 0.1) is 0 Å². The maximum absolute atomic E-state index is 13.3. The van der Waals surface area contributed by atoms with Crippen LogP contribution in [0.1, 0.15) is 21.8 Å². The normalized spacial score (nSPS) is 16.9. The fraction of sp³-hybridized carbons (Fsp3) is 0.280. The summed E-state index contributed by atoms with van der Waals surface area (Å²) in [4.78, 5) is 55.3. The number of Topliss-reactive ketones (excluding diaryl/α,β-unsaturated/α-hetero) is 1. The minimum Gasteiger partial charge on any atom is -0.495 e. The molecule has 0 spiro atoms. The molecule has 1 unspecified atom stereocenters. The van der Waals surface area contributed by atoms with E-state index in [4.69, 9.17) is 4.74 Å². The molecule has 2 aliphatic heterocycles. The van der Waals surface area contributed by atoms with E-state index in [-0.39, 0.29) is 12.5 Å². The van der Waals surface area contributed by atoms with Crippen LogP contribution in [0.3, 0.4) is 0 Å². The molecule has 5 rings (SSSR count). The third kappa shape index (κ3) is 4.18. The average Bonchev–Trinajstić information content (AvgIpc) is 3.38. The highest BCUT2D eigenvalue weighted by Gasteiger charge is 2.39. The van der Waals surface area contributed by atoms with Crippen molar-refractivity contribution in [3.8, 4) is 17.1 Å². The molecule has 0 aliphatic carbocycles. The van der Waals surface area contributed by atoms with Crippen molar-refractivity contribution in [3.63, 3.8) is 0 Å². The topological polar surface area (TPSA) is 118 Å². The van der Waals surface area contributed by atoms with Gasteiger partial charge in [0.25, 0.3) is 11.8 Å². The molecular formula is C25H24N6O4. The largest absolute Gasteiger partial charge is 0.495 e. The summed E-state index contributed by atoms with van der Waals surface area (Å²) in [7, 11) is 1.50. The zero-order valence-electron chi connectivity index (χ0n) is 19.2. The number of piperazine rings is 1. The molecule has 178 valence electrons. The van der Waals surface area contributed by atoms with Gasteiger partial charge in [-0.2, -0.15) is 0 Å². The Hall–Kier alpha value is -4.34. The number of methoxy groups -OCH3 is 1. The van der Waals surface area contributed by atoms with Crippen molar-refractivity contribution in [3.05, 3.63) is 66.2 Å². The number of aromatic nitrogens is 3. The molecule has 0 saturated carbocycles. The van der Waals surface area contributed by atoms with Gasteiger partial charge in [0.2, 0.25) is 5.78 Å². The maximum atomic E-state index is 13.3. The van der Waals surface area contributed by atoms with Gasteiger partial charge in [-0.15, -0.1) is 0 Å². The molecule has 2 aromatic heterocycles. The van der Waals surface area contributed by atoms with E-state index in [0.29, 0.717) is 60.1 Å². The van der Waals surface area contributed by atoms with Crippen LogP contribution >= 0.6 is 0 Å². The number of ketones is 1. The van der Waals surface area contributed by atoms with Crippen LogP contribution in [0.5, 0.6) is 5.75 Å². The Morgan fingerprint density at radius 3 is 2.40 bits per heavy atom. The highest BCUT2D eigenvalue weighted by Crippen LogP contribution is 2.43. The molecule has 3 aromatic rings. The summed E-state index contributed by atoms with van der Waals surface area (Å²) in [6.45, 7) is 1.59. The number of hydrogen-bond donors (Lipinski definition) is 1. The van der Waals surface area contributed by atoms with Crippen LogP contribution < -0.4 is 10.1 Å². The molecule has 10 nitrogen and oxygen atoms in total. The number of carbonyl (C=O) groups excluding carboxylic acids is 3. The zero-order chi connectivity index (χ0) is 24.4. The summed E-state index contributed by atoms with van der Waals surface area (Å²) in [6, 6.07) is 9.03. The van der Waals surface area contributed by atoms with E-state index in [9.17, 15) is 14.4 Å². The molecule has 0 bridgehead atoms. The van der Waals surface area contributed by atoms with E-state index in [1.807, 2.05) is 18.2 Å². The minimum absolute atomic E-state index is 0.0771. The molecule has 35 heavy (non-hydrogen) atoms. The smallest absolute Gasteiger partial charge is 0.290 e. The number of pyridine rings is 1. The van der Waals surface area contributed by atoms with Crippen LogP contribution in [0.25, 0.3) is 11.4 Å². The lowest BCUT2D eigenvalue weighted by molar-refractivity contribution is -0.146. The first-order valence-corrected chi connectivity index (χ1v) is 11.3. The van der Waals surface area contributed by atoms with Crippen LogP contribution in [-0.4, -0.2) is 82.2 Å². The molecule has 1 saturated heterocycles. The summed E-state index contributed by atoms with van der Waals surface area (Å²) in [5.41, 5.74) is 2.92. The van der Waals surface area contributed by atoms with Gasteiger partial charge in [0.05, 0.1) is 31.1 Å². The predicted octanol–water partition coefficient (Wildman–Crippen LogP) is 1.61. The second kappa shape index (κ2) is 9.49. The molecule has 2 amide bonds. The first kappa shape index (κ1) is 22.5. The van der Waals surface area contributed by atoms with Gasteiger partial charge >= 0.3 is 0 Å². The lowest BCUT2D eigenvalue weighted by atomic mass is 9.94. The van der Waals surface area contributed by atoms with Crippen molar-refractivity contribution in [1.82, 2.24) is 24.8 Å². The van der Waals surface area contributed by atoms with Crippen molar-refractivity contribution >= 4 is 23.3 Å². The maximum Gasteiger partial charge on any atom is 0.290 e. The number of ether oxygens (including phenoxy) is 1. The van der Waals surface area contributed by atoms with Crippen LogP contribution in [-0.2, 0) is 9.59 Å². The van der Waals surface area contributed by atoms with Gasteiger partial charge < -0.3 is 19.9 Å². The standard InChI is InChI=1S/C25H24N6O4/c1-35-19-15-29-21(18-14-26-7-8-27-18)22-20(19)17(13-28-22)23(32)25(34)31-11-9-30(10-12-31)24(33)16-5-3-2-4-6-16/h2-8,14-15,17,28H,9-13H2,1H3. The number of nitrogens with zero attached hydrogens (tertiary/aromatic N) is 5. The third-order valence-electron chi connectivity index (χ3n) is 6.34. The fourth-order valence-electron chi connectivity index (χ4n) is 4.52. The Kier molecular flexibility index (Phi) is 6.09. The highest BCUT2D eigenvalue weighted by atomic mass is 16.5. The third-order valence-corrected chi connectivity index (χ3v) is 6.34. The monoisotopic (exact) mass is 472 g/mol. The molecule has 0 radical (unpaired) electrons. The van der Waals surface area contributed by atoms with E-state index in [1.165, 1.54) is 18.2 Å². The quantitative estimate of drug-likeness (QED) is 0.557. The molecule has 2 aliphatic rings. The average molecular weight is 473 g/mol. The van der Waals surface area contributed by atoms with E-state index in [2.05, 4.69) is 20.3 Å². The number of rotatable bonds is 5. The summed E-state index contributed by atoms with van der Waals surface area (Å²) < 4.78 is 5.48. The lowest BCUT2D eigenvalue weighted by Gasteiger charge is -2.34. The van der Waals surface area contributed by atoms with Crippen LogP contribution in [0.4, 0.5) is 5.69 Å². The number of carbonyl (C=O) groups is 3. The van der Waals surface area contributed by atoms with Crippen LogP contribution in [0.2, 0.25) is 0 Å². The number of amides is 2. The number of nitrogens with one attached hydrogen (secondary N) is 1. The van der Waals surface area contributed by atoms with Gasteiger partial charge in [0.15, 0.2) is 0 Å². The summed E-state index contributed by atoms with van der Waals surface area (Å²) in [5, 5.41) is 3.22. The Morgan fingerprint density at radius 1 is 0.971 bits per heavy atom. The molecule has 4 heterocycles. The van der Waals surface area contributed by atoms with Gasteiger partial charge in [-0.3, -0.25) is 24.4 Å². The van der Waals surface area contributed by atoms with Gasteiger partial charge in [0.1, 0.15) is 17.1 Å². The molecule has 1 aromatic carbocycles. The Morgan fingerprint density at radius 2 is 1.71 bits per heavy atom. The second-order valence-electron chi connectivity index (χ2n) is 8.30. The van der Waals surface area contributed by atoms with E-state index in [1.54, 1.807) is 35.6 Å². The van der Waals surface area contributed by atoms with Gasteiger partial charge in [-0.1, -0.05) is 18.2 Å². The molecule has 1 atom stereocenters. The van der Waals surface area contributed by atoms with Gasteiger partial charge in [-0.05, 0) is 12.1 Å². The number of benzene rings is 1. The summed E-state index contributed by atoms with van der Waals surface area (Å²) >= 11 is 0.